The van der Waals surface area contributed by atoms with Gasteiger partial charge in [0.1, 0.15) is 0 Å². The van der Waals surface area contributed by atoms with Crippen LogP contribution >= 0.6 is 0 Å². The number of aromatic nitrogens is 2. The summed E-state index contributed by atoms with van der Waals surface area (Å²) in [5, 5.41) is 5.14. The first-order valence-corrected chi connectivity index (χ1v) is 5.99. The summed E-state index contributed by atoms with van der Waals surface area (Å²) in [7, 11) is 3.00. The molecule has 2 amide bonds. The van der Waals surface area contributed by atoms with Gasteiger partial charge in [0.25, 0.3) is 0 Å². The van der Waals surface area contributed by atoms with Crippen molar-refractivity contribution in [2.24, 2.45) is 0 Å². The lowest BCUT2D eigenvalue weighted by Crippen LogP contribution is -2.21. The number of amides is 2. The van der Waals surface area contributed by atoms with Crippen molar-refractivity contribution in [3.05, 3.63) is 30.7 Å². The highest BCUT2D eigenvalue weighted by Gasteiger charge is 2.11. The molecule has 0 aliphatic carbocycles. The number of hydrogen-bond donors (Lipinski definition) is 3. The van der Waals surface area contributed by atoms with E-state index in [-0.39, 0.29) is 0 Å². The number of carbonyl (C=O) groups is 1. The van der Waals surface area contributed by atoms with Crippen LogP contribution in [0.3, 0.4) is 0 Å². The minimum absolute atomic E-state index is 0.328. The quantitative estimate of drug-likeness (QED) is 0.739. The second-order valence-corrected chi connectivity index (χ2v) is 3.96. The zero-order valence-corrected chi connectivity index (χ0v) is 11.6. The average molecular weight is 289 g/mol. The summed E-state index contributed by atoms with van der Waals surface area (Å²) < 4.78 is 10.3. The SMILES string of the molecule is COc1cc(N)c(NC(=O)Nc2cnccn2)cc1OC. The van der Waals surface area contributed by atoms with Crippen molar-refractivity contribution in [1.29, 1.82) is 0 Å². The van der Waals surface area contributed by atoms with Crippen LogP contribution in [0.5, 0.6) is 11.5 Å². The summed E-state index contributed by atoms with van der Waals surface area (Å²) >= 11 is 0. The number of nitrogens with zero attached hydrogens (tertiary/aromatic N) is 2. The Labute approximate surface area is 121 Å². The van der Waals surface area contributed by atoms with Gasteiger partial charge in [0.2, 0.25) is 0 Å². The lowest BCUT2D eigenvalue weighted by molar-refractivity contribution is 0.262. The Morgan fingerprint density at radius 2 is 1.86 bits per heavy atom. The van der Waals surface area contributed by atoms with Crippen LogP contribution in [0.1, 0.15) is 0 Å². The normalized spacial score (nSPS) is 9.81. The van der Waals surface area contributed by atoms with E-state index >= 15 is 0 Å². The number of nitrogen functional groups attached to an aromatic ring is 1. The molecule has 2 rings (SSSR count). The van der Waals surface area contributed by atoms with Crippen LogP contribution in [0.25, 0.3) is 0 Å². The molecule has 0 spiro atoms. The molecule has 0 saturated carbocycles. The van der Waals surface area contributed by atoms with Crippen LogP contribution in [0, 0.1) is 0 Å². The third kappa shape index (κ3) is 3.50. The topological polar surface area (TPSA) is 111 Å². The van der Waals surface area contributed by atoms with Gasteiger partial charge in [-0.25, -0.2) is 9.78 Å². The molecule has 1 aromatic heterocycles. The van der Waals surface area contributed by atoms with Crippen LogP contribution in [0.15, 0.2) is 30.7 Å². The maximum absolute atomic E-state index is 11.9. The fraction of sp³-hybridized carbons (Fsp3) is 0.154. The summed E-state index contributed by atoms with van der Waals surface area (Å²) in [6.45, 7) is 0. The summed E-state index contributed by atoms with van der Waals surface area (Å²) in [6.07, 6.45) is 4.41. The predicted octanol–water partition coefficient (Wildman–Crippen LogP) is 1.72. The van der Waals surface area contributed by atoms with Crippen molar-refractivity contribution in [1.82, 2.24) is 9.97 Å². The molecule has 1 aromatic carbocycles. The van der Waals surface area contributed by atoms with E-state index in [0.29, 0.717) is 28.7 Å². The Morgan fingerprint density at radius 1 is 1.14 bits per heavy atom. The summed E-state index contributed by atoms with van der Waals surface area (Å²) in [5.41, 5.74) is 6.60. The number of ether oxygens (including phenoxy) is 2. The van der Waals surface area contributed by atoms with E-state index in [0.717, 1.165) is 0 Å². The van der Waals surface area contributed by atoms with Crippen molar-refractivity contribution in [2.45, 2.75) is 0 Å². The van der Waals surface area contributed by atoms with Gasteiger partial charge in [-0.1, -0.05) is 0 Å². The highest BCUT2D eigenvalue weighted by atomic mass is 16.5. The van der Waals surface area contributed by atoms with Gasteiger partial charge in [0.15, 0.2) is 17.3 Å². The Morgan fingerprint density at radius 3 is 2.48 bits per heavy atom. The minimum atomic E-state index is -0.491. The molecule has 0 atom stereocenters. The van der Waals surface area contributed by atoms with E-state index in [1.165, 1.54) is 32.8 Å². The van der Waals surface area contributed by atoms with E-state index in [1.54, 1.807) is 12.1 Å². The average Bonchev–Trinajstić information content (AvgIpc) is 2.49. The molecule has 0 bridgehead atoms. The Bertz CT molecular complexity index is 633. The van der Waals surface area contributed by atoms with E-state index < -0.39 is 6.03 Å². The molecule has 0 radical (unpaired) electrons. The molecular formula is C13H15N5O3. The lowest BCUT2D eigenvalue weighted by atomic mass is 10.2. The van der Waals surface area contributed by atoms with Gasteiger partial charge in [-0.15, -0.1) is 0 Å². The van der Waals surface area contributed by atoms with E-state index in [1.807, 2.05) is 0 Å². The first kappa shape index (κ1) is 14.4. The van der Waals surface area contributed by atoms with Crippen LogP contribution in [-0.2, 0) is 0 Å². The molecular weight excluding hydrogens is 274 g/mol. The van der Waals surface area contributed by atoms with Crippen molar-refractivity contribution in [3.63, 3.8) is 0 Å². The first-order chi connectivity index (χ1) is 10.1. The van der Waals surface area contributed by atoms with Crippen LogP contribution in [0.2, 0.25) is 0 Å². The fourth-order valence-electron chi connectivity index (χ4n) is 1.64. The number of urea groups is 1. The third-order valence-electron chi connectivity index (χ3n) is 2.61. The van der Waals surface area contributed by atoms with Gasteiger partial charge in [-0.05, 0) is 0 Å². The smallest absolute Gasteiger partial charge is 0.324 e. The highest BCUT2D eigenvalue weighted by molar-refractivity contribution is 6.01. The van der Waals surface area contributed by atoms with Gasteiger partial charge >= 0.3 is 6.03 Å². The number of rotatable bonds is 4. The van der Waals surface area contributed by atoms with Crippen molar-refractivity contribution in [3.8, 4) is 11.5 Å². The molecule has 110 valence electrons. The summed E-state index contributed by atoms with van der Waals surface area (Å²) in [5.74, 6) is 1.27. The Kier molecular flexibility index (Phi) is 4.39. The first-order valence-electron chi connectivity index (χ1n) is 5.99. The van der Waals surface area contributed by atoms with Gasteiger partial charge in [-0.3, -0.25) is 10.3 Å². The highest BCUT2D eigenvalue weighted by Crippen LogP contribution is 2.34. The zero-order chi connectivity index (χ0) is 15.2. The summed E-state index contributed by atoms with van der Waals surface area (Å²) in [6, 6.07) is 2.65. The summed E-state index contributed by atoms with van der Waals surface area (Å²) in [4.78, 5) is 19.7. The van der Waals surface area contributed by atoms with Gasteiger partial charge in [-0.2, -0.15) is 0 Å². The lowest BCUT2D eigenvalue weighted by Gasteiger charge is -2.13. The number of benzene rings is 1. The monoisotopic (exact) mass is 289 g/mol. The number of nitrogens with two attached hydrogens (primary N) is 1. The molecule has 0 fully saturated rings. The van der Waals surface area contributed by atoms with Gasteiger partial charge in [0, 0.05) is 24.5 Å². The number of hydrogen-bond acceptors (Lipinski definition) is 6. The van der Waals surface area contributed by atoms with Gasteiger partial charge < -0.3 is 20.5 Å². The van der Waals surface area contributed by atoms with Crippen molar-refractivity contribution < 1.29 is 14.3 Å². The molecule has 0 saturated heterocycles. The Hall–Kier alpha value is -3.03. The van der Waals surface area contributed by atoms with E-state index in [4.69, 9.17) is 15.2 Å². The number of nitrogens with one attached hydrogen (secondary N) is 2. The number of anilines is 3. The van der Waals surface area contributed by atoms with Crippen LogP contribution in [0.4, 0.5) is 22.0 Å². The fourth-order valence-corrected chi connectivity index (χ4v) is 1.64. The molecule has 0 aliphatic rings. The van der Waals surface area contributed by atoms with Crippen molar-refractivity contribution >= 4 is 23.2 Å². The molecule has 0 unspecified atom stereocenters. The molecule has 2 aromatic rings. The molecule has 21 heavy (non-hydrogen) atoms. The van der Waals surface area contributed by atoms with Crippen molar-refractivity contribution in [2.75, 3.05) is 30.6 Å². The zero-order valence-electron chi connectivity index (χ0n) is 11.6. The third-order valence-corrected chi connectivity index (χ3v) is 2.61. The second-order valence-electron chi connectivity index (χ2n) is 3.96. The number of carbonyl (C=O) groups excluding carboxylic acids is 1. The van der Waals surface area contributed by atoms with Crippen LogP contribution in [-0.4, -0.2) is 30.2 Å². The molecule has 0 aliphatic heterocycles. The second kappa shape index (κ2) is 6.42. The Balaban J connectivity index is 2.14. The van der Waals surface area contributed by atoms with Crippen LogP contribution < -0.4 is 25.8 Å². The molecule has 1 heterocycles. The number of methoxy groups -OCH3 is 2. The van der Waals surface area contributed by atoms with Gasteiger partial charge in [0.05, 0.1) is 31.8 Å². The van der Waals surface area contributed by atoms with E-state index in [2.05, 4.69) is 20.6 Å². The maximum Gasteiger partial charge on any atom is 0.324 e. The largest absolute Gasteiger partial charge is 0.493 e. The molecule has 8 nitrogen and oxygen atoms in total. The predicted molar refractivity (Wildman–Crippen MR) is 78.6 cm³/mol. The molecule has 8 heteroatoms. The minimum Gasteiger partial charge on any atom is -0.493 e. The maximum atomic E-state index is 11.9. The molecule has 4 N–H and O–H groups in total. The van der Waals surface area contributed by atoms with E-state index in [9.17, 15) is 4.79 Å². The standard InChI is InChI=1S/C13H15N5O3/c1-20-10-5-8(14)9(6-11(10)21-2)17-13(19)18-12-7-15-3-4-16-12/h3-7H,14H2,1-2H3,(H2,16,17,18,19).